The van der Waals surface area contributed by atoms with Gasteiger partial charge in [0.05, 0.1) is 0 Å². The van der Waals surface area contributed by atoms with Crippen molar-refractivity contribution in [3.05, 3.63) is 91.0 Å². The van der Waals surface area contributed by atoms with Gasteiger partial charge in [0.15, 0.2) is 0 Å². The minimum absolute atomic E-state index is 0.739. The number of hydrogen-bond acceptors (Lipinski definition) is 4. The number of ether oxygens (including phenoxy) is 1. The van der Waals surface area contributed by atoms with E-state index >= 15 is 0 Å². The third-order valence-corrected chi connectivity index (χ3v) is 8.31. The summed E-state index contributed by atoms with van der Waals surface area (Å²) in [5, 5.41) is 9.49. The Balaban J connectivity index is 2.06. The lowest BCUT2D eigenvalue weighted by Gasteiger charge is -2.31. The zero-order valence-electron chi connectivity index (χ0n) is 17.7. The molecule has 3 aromatic carbocycles. The summed E-state index contributed by atoms with van der Waals surface area (Å²) >= 11 is 0. The third-order valence-electron chi connectivity index (χ3n) is 4.39. The quantitative estimate of drug-likeness (QED) is 0.352. The van der Waals surface area contributed by atoms with Gasteiger partial charge in [-0.25, -0.2) is 9.59 Å². The lowest BCUT2D eigenvalue weighted by Crippen LogP contribution is -2.69. The monoisotopic (exact) mass is 432 g/mol. The van der Waals surface area contributed by atoms with Gasteiger partial charge in [-0.15, -0.1) is 0 Å². The molecule has 0 unspecified atom stereocenters. The van der Waals surface area contributed by atoms with Gasteiger partial charge in [0.2, 0.25) is 0 Å². The predicted octanol–water partition coefficient (Wildman–Crippen LogP) is 4.18. The Morgan fingerprint density at radius 3 is 1.35 bits per heavy atom. The molecule has 0 aliphatic rings. The Morgan fingerprint density at radius 2 is 1.00 bits per heavy atom. The first-order valence-electron chi connectivity index (χ1n) is 9.85. The predicted molar refractivity (Wildman–Crippen MR) is 122 cm³/mol. The second-order valence-corrected chi connectivity index (χ2v) is 11.1. The van der Waals surface area contributed by atoms with Crippen molar-refractivity contribution in [1.29, 1.82) is 0 Å². The van der Waals surface area contributed by atoms with Gasteiger partial charge in [-0.05, 0) is 36.3 Å². The van der Waals surface area contributed by atoms with Gasteiger partial charge in [-0.2, -0.15) is 0 Å². The second kappa shape index (κ2) is 9.49. The van der Waals surface area contributed by atoms with E-state index in [1.807, 2.05) is 91.0 Å². The highest BCUT2D eigenvalue weighted by Gasteiger charge is 2.45. The number of carbonyl (C=O) groups excluding carboxylic acids is 2. The minimum atomic E-state index is -3.26. The highest BCUT2D eigenvalue weighted by Crippen LogP contribution is 2.12. The van der Waals surface area contributed by atoms with Crippen LogP contribution >= 0.6 is 0 Å². The molecule has 7 heteroatoms. The first-order chi connectivity index (χ1) is 14.8. The van der Waals surface area contributed by atoms with E-state index in [4.69, 9.17) is 9.16 Å². The number of azo groups is 1. The molecule has 0 aromatic heterocycles. The summed E-state index contributed by atoms with van der Waals surface area (Å²) in [6.07, 6.45) is -1.90. The van der Waals surface area contributed by atoms with Crippen molar-refractivity contribution in [3.8, 4) is 0 Å². The topological polar surface area (TPSA) is 77.3 Å². The first kappa shape index (κ1) is 22.1. The molecular formula is C24H24N2O4Si. The molecule has 158 valence electrons. The van der Waals surface area contributed by atoms with Gasteiger partial charge in [0.25, 0.3) is 0 Å². The van der Waals surface area contributed by atoms with Crippen molar-refractivity contribution in [2.75, 3.05) is 0 Å². The van der Waals surface area contributed by atoms with Crippen molar-refractivity contribution in [2.24, 2.45) is 10.2 Å². The molecule has 0 spiro atoms. The van der Waals surface area contributed by atoms with E-state index in [1.54, 1.807) is 20.8 Å². The fraction of sp³-hybridized carbons (Fsp3) is 0.167. The number of carbonyl (C=O) groups is 2. The summed E-state index contributed by atoms with van der Waals surface area (Å²) in [6.45, 7) is 5.12. The number of rotatable bonds is 4. The molecule has 6 nitrogen and oxygen atoms in total. The molecule has 2 amide bonds. The molecule has 0 aliphatic heterocycles. The molecule has 31 heavy (non-hydrogen) atoms. The number of nitrogens with zero attached hydrogens (tertiary/aromatic N) is 2. The average Bonchev–Trinajstić information content (AvgIpc) is 2.77. The Hall–Kier alpha value is -3.58. The number of hydrogen-bond donors (Lipinski definition) is 0. The summed E-state index contributed by atoms with van der Waals surface area (Å²) in [7, 11) is -3.26. The van der Waals surface area contributed by atoms with Gasteiger partial charge < -0.3 is 9.16 Å². The molecule has 0 heterocycles. The molecule has 0 atom stereocenters. The highest BCUT2D eigenvalue weighted by atomic mass is 28.4. The van der Waals surface area contributed by atoms with Crippen molar-refractivity contribution in [3.63, 3.8) is 0 Å². The van der Waals surface area contributed by atoms with Crippen LogP contribution in [0.3, 0.4) is 0 Å². The molecule has 0 saturated carbocycles. The van der Waals surface area contributed by atoms with Gasteiger partial charge in [-0.3, -0.25) is 0 Å². The molecule has 0 radical (unpaired) electrons. The largest absolute Gasteiger partial charge is 0.487 e. The van der Waals surface area contributed by atoms with E-state index in [0.29, 0.717) is 0 Å². The molecule has 0 saturated heterocycles. The SMILES string of the molecule is CC(C)(C)OC(=O)/N=N/C(=O)O[Si](c1ccccc1)(c1ccccc1)c1ccccc1. The molecule has 3 aromatic rings. The maximum atomic E-state index is 12.8. The second-order valence-electron chi connectivity index (χ2n) is 7.83. The van der Waals surface area contributed by atoms with E-state index in [-0.39, 0.29) is 0 Å². The van der Waals surface area contributed by atoms with Crippen LogP contribution in [0.2, 0.25) is 0 Å². The van der Waals surface area contributed by atoms with Crippen LogP contribution in [0.1, 0.15) is 20.8 Å². The lowest BCUT2D eigenvalue weighted by atomic mass is 10.2. The summed E-state index contributed by atoms with van der Waals surface area (Å²) < 4.78 is 11.2. The van der Waals surface area contributed by atoms with Crippen LogP contribution in [0.4, 0.5) is 9.59 Å². The van der Waals surface area contributed by atoms with Crippen LogP contribution in [-0.2, 0) is 9.16 Å². The molecule has 3 rings (SSSR count). The molecule has 0 bridgehead atoms. The Bertz CT molecular complexity index is 953. The zero-order chi connectivity index (χ0) is 22.3. The fourth-order valence-electron chi connectivity index (χ4n) is 3.21. The molecule has 0 fully saturated rings. The summed E-state index contributed by atoms with van der Waals surface area (Å²) in [4.78, 5) is 24.7. The van der Waals surface area contributed by atoms with Gasteiger partial charge >= 0.3 is 20.5 Å². The van der Waals surface area contributed by atoms with Crippen LogP contribution in [0.15, 0.2) is 101 Å². The van der Waals surface area contributed by atoms with E-state index in [0.717, 1.165) is 15.6 Å². The minimum Gasteiger partial charge on any atom is -0.487 e. The summed E-state index contributed by atoms with van der Waals surface area (Å²) in [5.74, 6) is 0. The number of amides is 2. The zero-order valence-corrected chi connectivity index (χ0v) is 18.7. The molecule has 0 N–H and O–H groups in total. The standard InChI is InChI=1S/C24H24N2O4Si/c1-24(2,3)29-22(27)25-26-23(28)30-31(19-13-7-4-8-14-19,20-15-9-5-10-16-20)21-17-11-6-12-18-21/h4-18H,1-3H3/b26-25+. The van der Waals surface area contributed by atoms with Crippen LogP contribution < -0.4 is 15.6 Å². The van der Waals surface area contributed by atoms with Crippen LogP contribution in [0, 0.1) is 0 Å². The highest BCUT2D eigenvalue weighted by molar-refractivity contribution is 7.07. The Kier molecular flexibility index (Phi) is 6.77. The molecule has 0 aliphatic carbocycles. The van der Waals surface area contributed by atoms with E-state index < -0.39 is 26.1 Å². The van der Waals surface area contributed by atoms with Crippen LogP contribution in [0.25, 0.3) is 0 Å². The van der Waals surface area contributed by atoms with Gasteiger partial charge in [0.1, 0.15) is 5.60 Å². The summed E-state index contributed by atoms with van der Waals surface area (Å²) in [5.41, 5.74) is -0.739. The Labute approximate surface area is 182 Å². The maximum Gasteiger partial charge on any atom is 0.453 e. The third kappa shape index (κ3) is 5.52. The van der Waals surface area contributed by atoms with Crippen LogP contribution in [-0.4, -0.2) is 26.1 Å². The smallest absolute Gasteiger partial charge is 0.453 e. The van der Waals surface area contributed by atoms with Crippen molar-refractivity contribution in [1.82, 2.24) is 0 Å². The lowest BCUT2D eigenvalue weighted by molar-refractivity contribution is 0.0589. The fourth-order valence-corrected chi connectivity index (χ4v) is 6.85. The Morgan fingerprint density at radius 1 is 0.645 bits per heavy atom. The van der Waals surface area contributed by atoms with Gasteiger partial charge in [-0.1, -0.05) is 101 Å². The normalized spacial score (nSPS) is 11.8. The number of benzene rings is 3. The van der Waals surface area contributed by atoms with Crippen molar-refractivity contribution >= 4 is 36.1 Å². The van der Waals surface area contributed by atoms with Crippen molar-refractivity contribution in [2.45, 2.75) is 26.4 Å². The van der Waals surface area contributed by atoms with Crippen LogP contribution in [0.5, 0.6) is 0 Å². The molecular weight excluding hydrogens is 408 g/mol. The average molecular weight is 433 g/mol. The van der Waals surface area contributed by atoms with E-state index in [1.165, 1.54) is 0 Å². The maximum absolute atomic E-state index is 12.8. The van der Waals surface area contributed by atoms with E-state index in [2.05, 4.69) is 10.2 Å². The first-order valence-corrected chi connectivity index (χ1v) is 11.8. The van der Waals surface area contributed by atoms with E-state index in [9.17, 15) is 9.59 Å². The summed E-state index contributed by atoms with van der Waals surface area (Å²) in [6, 6.07) is 28.7. The van der Waals surface area contributed by atoms with Crippen molar-refractivity contribution < 1.29 is 18.8 Å². The van der Waals surface area contributed by atoms with Gasteiger partial charge in [0, 0.05) is 0 Å².